The second kappa shape index (κ2) is 11.1. The lowest BCUT2D eigenvalue weighted by molar-refractivity contribution is -0.130. The zero-order valence-corrected chi connectivity index (χ0v) is 21.1. The maximum absolute atomic E-state index is 12.6. The van der Waals surface area contributed by atoms with Crippen molar-refractivity contribution in [3.8, 4) is 5.75 Å². The lowest BCUT2D eigenvalue weighted by atomic mass is 9.68. The maximum Gasteiger partial charge on any atom is 0.219 e. The molecule has 0 saturated carbocycles. The summed E-state index contributed by atoms with van der Waals surface area (Å²) in [6.45, 7) is 8.17. The third-order valence-electron chi connectivity index (χ3n) is 7.06. The predicted octanol–water partition coefficient (Wildman–Crippen LogP) is 5.27. The zero-order valence-electron chi connectivity index (χ0n) is 21.1. The van der Waals surface area contributed by atoms with Gasteiger partial charge in [-0.25, -0.2) is 0 Å². The zero-order chi connectivity index (χ0) is 24.0. The molecule has 1 aliphatic rings. The Bertz CT molecular complexity index is 910. The van der Waals surface area contributed by atoms with E-state index in [1.807, 2.05) is 31.1 Å². The van der Waals surface area contributed by atoms with Crippen molar-refractivity contribution >= 4 is 11.6 Å². The van der Waals surface area contributed by atoms with Crippen molar-refractivity contribution in [3.63, 3.8) is 0 Å². The molecule has 2 aromatic carbocycles. The summed E-state index contributed by atoms with van der Waals surface area (Å²) in [5.41, 5.74) is 3.46. The molecule has 5 nitrogen and oxygen atoms in total. The van der Waals surface area contributed by atoms with Crippen LogP contribution in [0.1, 0.15) is 51.2 Å². The van der Waals surface area contributed by atoms with Gasteiger partial charge in [-0.3, -0.25) is 4.79 Å². The molecule has 1 amide bonds. The van der Waals surface area contributed by atoms with Crippen LogP contribution >= 0.6 is 0 Å². The van der Waals surface area contributed by atoms with Crippen LogP contribution in [-0.4, -0.2) is 51.3 Å². The Labute approximate surface area is 199 Å². The molecule has 5 heteroatoms. The first-order valence-corrected chi connectivity index (χ1v) is 12.0. The molecule has 0 radical (unpaired) electrons. The second-order valence-electron chi connectivity index (χ2n) is 9.84. The number of anilines is 1. The van der Waals surface area contributed by atoms with Crippen molar-refractivity contribution < 1.29 is 14.3 Å². The van der Waals surface area contributed by atoms with Gasteiger partial charge < -0.3 is 19.3 Å². The molecule has 0 N–H and O–H groups in total. The summed E-state index contributed by atoms with van der Waals surface area (Å²) in [6, 6.07) is 16.8. The highest BCUT2D eigenvalue weighted by atomic mass is 16.5. The number of hydrogen-bond acceptors (Lipinski definition) is 4. The monoisotopic (exact) mass is 452 g/mol. The van der Waals surface area contributed by atoms with Crippen LogP contribution in [-0.2, 0) is 21.5 Å². The minimum Gasteiger partial charge on any atom is -0.496 e. The molecule has 1 fully saturated rings. The van der Waals surface area contributed by atoms with Crippen LogP contribution in [0, 0.1) is 5.92 Å². The maximum atomic E-state index is 12.6. The highest BCUT2D eigenvalue weighted by molar-refractivity contribution is 5.73. The normalized spacial score (nSPS) is 20.5. The molecule has 3 rings (SSSR count). The van der Waals surface area contributed by atoms with E-state index in [2.05, 4.69) is 55.1 Å². The fraction of sp³-hybridized carbons (Fsp3) is 0.536. The fourth-order valence-electron chi connectivity index (χ4n) is 4.89. The number of carbonyl (C=O) groups excluding carboxylic acids is 1. The standard InChI is InChI=1S/C28H40N2O3/c1-21(2)27-19-28(16-18-33-27,25-9-7-8-10-26(25)32-6)15-17-30(22(3)31)20-23-11-13-24(14-12-23)29(4)5/h7-14,21,27H,15-20H2,1-6H3/t27-,28+/m1/s1. The van der Waals surface area contributed by atoms with Crippen molar-refractivity contribution in [2.24, 2.45) is 5.92 Å². The Morgan fingerprint density at radius 1 is 1.15 bits per heavy atom. The Hall–Kier alpha value is -2.53. The van der Waals surface area contributed by atoms with Crippen LogP contribution in [0.5, 0.6) is 5.75 Å². The van der Waals surface area contributed by atoms with Gasteiger partial charge in [0.2, 0.25) is 5.91 Å². The molecule has 1 aliphatic heterocycles. The number of hydrogen-bond donors (Lipinski definition) is 0. The number of ether oxygens (including phenoxy) is 2. The topological polar surface area (TPSA) is 42.0 Å². The number of amides is 1. The largest absolute Gasteiger partial charge is 0.496 e. The first-order valence-electron chi connectivity index (χ1n) is 12.0. The molecule has 2 aromatic rings. The Morgan fingerprint density at radius 2 is 1.85 bits per heavy atom. The summed E-state index contributed by atoms with van der Waals surface area (Å²) in [5, 5.41) is 0. The second-order valence-corrected chi connectivity index (χ2v) is 9.84. The molecule has 0 aliphatic carbocycles. The van der Waals surface area contributed by atoms with Gasteiger partial charge in [0.15, 0.2) is 0 Å². The van der Waals surface area contributed by atoms with E-state index in [0.29, 0.717) is 19.0 Å². The van der Waals surface area contributed by atoms with Crippen LogP contribution in [0.3, 0.4) is 0 Å². The van der Waals surface area contributed by atoms with E-state index in [0.717, 1.165) is 42.9 Å². The first kappa shape index (κ1) is 25.1. The number of benzene rings is 2. The summed E-state index contributed by atoms with van der Waals surface area (Å²) in [6.07, 6.45) is 2.96. The molecule has 0 spiro atoms. The van der Waals surface area contributed by atoms with Crippen LogP contribution in [0.4, 0.5) is 5.69 Å². The minimum atomic E-state index is -0.0811. The van der Waals surface area contributed by atoms with E-state index in [4.69, 9.17) is 9.47 Å². The van der Waals surface area contributed by atoms with Crippen LogP contribution in [0.25, 0.3) is 0 Å². The highest BCUT2D eigenvalue weighted by Crippen LogP contribution is 2.45. The van der Waals surface area contributed by atoms with Crippen molar-refractivity contribution in [1.29, 1.82) is 0 Å². The molecule has 2 atom stereocenters. The SMILES string of the molecule is COc1ccccc1[C@@]1(CCN(Cc2ccc(N(C)C)cc2)C(C)=O)CCO[C@@H](C(C)C)C1. The van der Waals surface area contributed by atoms with Gasteiger partial charge in [0.1, 0.15) is 5.75 Å². The van der Waals surface area contributed by atoms with Crippen molar-refractivity contribution in [3.05, 3.63) is 59.7 Å². The summed E-state index contributed by atoms with van der Waals surface area (Å²) in [5.74, 6) is 1.48. The Balaban J connectivity index is 1.84. The van der Waals surface area contributed by atoms with Crippen LogP contribution < -0.4 is 9.64 Å². The number of para-hydroxylation sites is 1. The Morgan fingerprint density at radius 3 is 2.45 bits per heavy atom. The van der Waals surface area contributed by atoms with Gasteiger partial charge in [-0.1, -0.05) is 44.2 Å². The summed E-state index contributed by atoms with van der Waals surface area (Å²) >= 11 is 0. The molecule has 1 heterocycles. The van der Waals surface area contributed by atoms with E-state index in [9.17, 15) is 4.79 Å². The third kappa shape index (κ3) is 6.08. The van der Waals surface area contributed by atoms with Crippen molar-refractivity contribution in [2.45, 2.75) is 58.1 Å². The van der Waals surface area contributed by atoms with Crippen molar-refractivity contribution in [2.75, 3.05) is 39.3 Å². The lowest BCUT2D eigenvalue weighted by Crippen LogP contribution is -2.43. The predicted molar refractivity (Wildman–Crippen MR) is 135 cm³/mol. The Kier molecular flexibility index (Phi) is 8.41. The fourth-order valence-corrected chi connectivity index (χ4v) is 4.89. The van der Waals surface area contributed by atoms with E-state index >= 15 is 0 Å². The lowest BCUT2D eigenvalue weighted by Gasteiger charge is -2.44. The van der Waals surface area contributed by atoms with Gasteiger partial charge in [0.05, 0.1) is 13.2 Å². The molecule has 0 unspecified atom stereocenters. The summed E-state index contributed by atoms with van der Waals surface area (Å²) in [4.78, 5) is 16.7. The van der Waals surface area contributed by atoms with E-state index in [1.54, 1.807) is 14.0 Å². The summed E-state index contributed by atoms with van der Waals surface area (Å²) < 4.78 is 11.9. The van der Waals surface area contributed by atoms with Gasteiger partial charge in [-0.15, -0.1) is 0 Å². The average Bonchev–Trinajstić information content (AvgIpc) is 2.82. The number of rotatable bonds is 9. The van der Waals surface area contributed by atoms with E-state index in [-0.39, 0.29) is 17.4 Å². The molecular formula is C28H40N2O3. The average molecular weight is 453 g/mol. The van der Waals surface area contributed by atoms with Crippen molar-refractivity contribution in [1.82, 2.24) is 4.90 Å². The molecule has 1 saturated heterocycles. The minimum absolute atomic E-state index is 0.0811. The quantitative estimate of drug-likeness (QED) is 0.520. The molecule has 180 valence electrons. The third-order valence-corrected chi connectivity index (χ3v) is 7.06. The van der Waals surface area contributed by atoms with E-state index in [1.165, 1.54) is 5.56 Å². The molecule has 0 aromatic heterocycles. The molecular weight excluding hydrogens is 412 g/mol. The van der Waals surface area contributed by atoms with Gasteiger partial charge in [0, 0.05) is 57.4 Å². The van der Waals surface area contributed by atoms with E-state index < -0.39 is 0 Å². The van der Waals surface area contributed by atoms with Gasteiger partial charge in [0.25, 0.3) is 0 Å². The number of carbonyl (C=O) groups is 1. The number of methoxy groups -OCH3 is 1. The molecule has 0 bridgehead atoms. The number of nitrogens with zero attached hydrogens (tertiary/aromatic N) is 2. The van der Waals surface area contributed by atoms with Gasteiger partial charge in [-0.05, 0) is 48.9 Å². The smallest absolute Gasteiger partial charge is 0.219 e. The van der Waals surface area contributed by atoms with Gasteiger partial charge in [-0.2, -0.15) is 0 Å². The van der Waals surface area contributed by atoms with Crippen LogP contribution in [0.2, 0.25) is 0 Å². The first-order chi connectivity index (χ1) is 15.8. The molecule has 33 heavy (non-hydrogen) atoms. The highest BCUT2D eigenvalue weighted by Gasteiger charge is 2.41. The summed E-state index contributed by atoms with van der Waals surface area (Å²) in [7, 11) is 5.81. The van der Waals surface area contributed by atoms with Gasteiger partial charge >= 0.3 is 0 Å². The van der Waals surface area contributed by atoms with Crippen LogP contribution in [0.15, 0.2) is 48.5 Å².